The van der Waals surface area contributed by atoms with Crippen molar-refractivity contribution in [3.8, 4) is 0 Å². The molecule has 0 saturated carbocycles. The average molecular weight is 275 g/mol. The molecule has 0 fully saturated rings. The molecule has 0 aliphatic heterocycles. The molecule has 20 heavy (non-hydrogen) atoms. The van der Waals surface area contributed by atoms with Crippen LogP contribution in [0.4, 0.5) is 11.6 Å². The largest absolute Gasteiger partial charge is 0.385 e. The van der Waals surface area contributed by atoms with Crippen LogP contribution in [0.1, 0.15) is 12.0 Å². The highest BCUT2D eigenvalue weighted by Gasteiger charge is 2.03. The van der Waals surface area contributed by atoms with E-state index in [0.717, 1.165) is 36.8 Å². The van der Waals surface area contributed by atoms with Crippen LogP contribution in [-0.2, 0) is 22.6 Å². The van der Waals surface area contributed by atoms with Crippen molar-refractivity contribution in [1.82, 2.24) is 9.55 Å². The lowest BCUT2D eigenvalue weighted by atomic mass is 10.2. The molecule has 2 aromatic rings. The van der Waals surface area contributed by atoms with Crippen LogP contribution in [0, 0.1) is 0 Å². The number of methoxy groups -OCH3 is 2. The van der Waals surface area contributed by atoms with E-state index in [1.54, 1.807) is 20.4 Å². The Labute approximate surface area is 119 Å². The summed E-state index contributed by atoms with van der Waals surface area (Å²) >= 11 is 0. The predicted molar refractivity (Wildman–Crippen MR) is 79.2 cm³/mol. The molecule has 5 heteroatoms. The molecule has 0 spiro atoms. The topological polar surface area (TPSA) is 48.3 Å². The Bertz CT molecular complexity index is 525. The number of imidazole rings is 1. The summed E-state index contributed by atoms with van der Waals surface area (Å²) in [4.78, 5) is 4.35. The SMILES string of the molecule is COCCCn1ccnc1Nc1cccc(COC)c1. The number of nitrogens with one attached hydrogen (secondary N) is 1. The third-order valence-corrected chi connectivity index (χ3v) is 2.96. The second kappa shape index (κ2) is 7.67. The third-order valence-electron chi connectivity index (χ3n) is 2.96. The Morgan fingerprint density at radius 1 is 1.25 bits per heavy atom. The van der Waals surface area contributed by atoms with Gasteiger partial charge in [-0.25, -0.2) is 4.98 Å². The summed E-state index contributed by atoms with van der Waals surface area (Å²) < 4.78 is 12.3. The van der Waals surface area contributed by atoms with Gasteiger partial charge in [-0.3, -0.25) is 0 Å². The third kappa shape index (κ3) is 4.08. The Hall–Kier alpha value is -1.85. The minimum absolute atomic E-state index is 0.609. The highest BCUT2D eigenvalue weighted by molar-refractivity contribution is 5.54. The quantitative estimate of drug-likeness (QED) is 0.753. The highest BCUT2D eigenvalue weighted by atomic mass is 16.5. The zero-order valence-corrected chi connectivity index (χ0v) is 12.0. The summed E-state index contributed by atoms with van der Waals surface area (Å²) in [5, 5.41) is 3.33. The van der Waals surface area contributed by atoms with Crippen LogP contribution in [-0.4, -0.2) is 30.4 Å². The molecule has 0 aliphatic rings. The number of aryl methyl sites for hydroxylation is 1. The molecule has 0 atom stereocenters. The molecule has 1 aromatic heterocycles. The fourth-order valence-corrected chi connectivity index (χ4v) is 2.03. The van der Waals surface area contributed by atoms with Crippen LogP contribution in [0.25, 0.3) is 0 Å². The van der Waals surface area contributed by atoms with Crippen LogP contribution in [0.5, 0.6) is 0 Å². The number of nitrogens with zero attached hydrogens (tertiary/aromatic N) is 2. The molecule has 1 aromatic carbocycles. The van der Waals surface area contributed by atoms with Crippen LogP contribution >= 0.6 is 0 Å². The fourth-order valence-electron chi connectivity index (χ4n) is 2.03. The molecular formula is C15H21N3O2. The van der Waals surface area contributed by atoms with Crippen molar-refractivity contribution in [2.24, 2.45) is 0 Å². The minimum Gasteiger partial charge on any atom is -0.385 e. The van der Waals surface area contributed by atoms with Gasteiger partial charge < -0.3 is 19.4 Å². The first-order chi connectivity index (χ1) is 9.83. The van der Waals surface area contributed by atoms with Crippen molar-refractivity contribution >= 4 is 11.6 Å². The number of anilines is 2. The lowest BCUT2D eigenvalue weighted by molar-refractivity contribution is 0.185. The van der Waals surface area contributed by atoms with E-state index in [1.165, 1.54) is 0 Å². The van der Waals surface area contributed by atoms with Gasteiger partial charge in [-0.05, 0) is 24.1 Å². The molecule has 0 unspecified atom stereocenters. The van der Waals surface area contributed by atoms with Gasteiger partial charge in [0.1, 0.15) is 0 Å². The summed E-state index contributed by atoms with van der Waals surface area (Å²) in [5.41, 5.74) is 2.15. The highest BCUT2D eigenvalue weighted by Crippen LogP contribution is 2.17. The van der Waals surface area contributed by atoms with Crippen LogP contribution in [0.3, 0.4) is 0 Å². The van der Waals surface area contributed by atoms with Gasteiger partial charge in [0.15, 0.2) is 0 Å². The van der Waals surface area contributed by atoms with Gasteiger partial charge in [-0.1, -0.05) is 12.1 Å². The molecule has 0 radical (unpaired) electrons. The fraction of sp³-hybridized carbons (Fsp3) is 0.400. The molecule has 5 nitrogen and oxygen atoms in total. The molecule has 0 bridgehead atoms. The van der Waals surface area contributed by atoms with Crippen molar-refractivity contribution in [3.63, 3.8) is 0 Å². The van der Waals surface area contributed by atoms with E-state index in [9.17, 15) is 0 Å². The number of hydrogen-bond donors (Lipinski definition) is 1. The number of hydrogen-bond acceptors (Lipinski definition) is 4. The Morgan fingerprint density at radius 3 is 2.95 bits per heavy atom. The number of aromatic nitrogens is 2. The zero-order chi connectivity index (χ0) is 14.2. The van der Waals surface area contributed by atoms with E-state index in [1.807, 2.05) is 24.4 Å². The van der Waals surface area contributed by atoms with Gasteiger partial charge in [0.25, 0.3) is 0 Å². The van der Waals surface area contributed by atoms with Crippen molar-refractivity contribution in [3.05, 3.63) is 42.2 Å². The van der Waals surface area contributed by atoms with Gasteiger partial charge in [-0.15, -0.1) is 0 Å². The Kier molecular flexibility index (Phi) is 5.58. The molecule has 2 rings (SSSR count). The van der Waals surface area contributed by atoms with E-state index < -0.39 is 0 Å². The van der Waals surface area contributed by atoms with E-state index in [-0.39, 0.29) is 0 Å². The lowest BCUT2D eigenvalue weighted by Gasteiger charge is -2.10. The molecule has 0 aliphatic carbocycles. The standard InChI is InChI=1S/C15H21N3O2/c1-19-10-4-8-18-9-7-16-15(18)17-14-6-3-5-13(11-14)12-20-2/h3,5-7,9,11H,4,8,10,12H2,1-2H3,(H,16,17). The monoisotopic (exact) mass is 275 g/mol. The van der Waals surface area contributed by atoms with Crippen molar-refractivity contribution in [1.29, 1.82) is 0 Å². The molecule has 1 heterocycles. The summed E-state index contributed by atoms with van der Waals surface area (Å²) in [6.07, 6.45) is 4.73. The van der Waals surface area contributed by atoms with Crippen LogP contribution in [0.15, 0.2) is 36.7 Å². The van der Waals surface area contributed by atoms with Gasteiger partial charge >= 0.3 is 0 Å². The second-order valence-electron chi connectivity index (χ2n) is 4.55. The van der Waals surface area contributed by atoms with E-state index >= 15 is 0 Å². The molecular weight excluding hydrogens is 254 g/mol. The maximum absolute atomic E-state index is 5.14. The van der Waals surface area contributed by atoms with Gasteiger partial charge in [-0.2, -0.15) is 0 Å². The number of rotatable bonds is 8. The lowest BCUT2D eigenvalue weighted by Crippen LogP contribution is -2.05. The summed E-state index contributed by atoms with van der Waals surface area (Å²) in [7, 11) is 3.41. The van der Waals surface area contributed by atoms with Gasteiger partial charge in [0.05, 0.1) is 6.61 Å². The number of ether oxygens (including phenoxy) is 2. The molecule has 1 N–H and O–H groups in total. The van der Waals surface area contributed by atoms with E-state index in [0.29, 0.717) is 6.61 Å². The first kappa shape index (κ1) is 14.6. The van der Waals surface area contributed by atoms with Crippen LogP contribution in [0.2, 0.25) is 0 Å². The first-order valence-corrected chi connectivity index (χ1v) is 6.68. The van der Waals surface area contributed by atoms with Gasteiger partial charge in [0, 0.05) is 45.5 Å². The average Bonchev–Trinajstić information content (AvgIpc) is 2.87. The van der Waals surface area contributed by atoms with Crippen molar-refractivity contribution in [2.45, 2.75) is 19.6 Å². The molecule has 0 amide bonds. The molecule has 108 valence electrons. The van der Waals surface area contributed by atoms with Crippen molar-refractivity contribution < 1.29 is 9.47 Å². The predicted octanol–water partition coefficient (Wildman–Crippen LogP) is 2.81. The van der Waals surface area contributed by atoms with Crippen molar-refractivity contribution in [2.75, 3.05) is 26.1 Å². The summed E-state index contributed by atoms with van der Waals surface area (Å²) in [6.45, 7) is 2.24. The van der Waals surface area contributed by atoms with Crippen LogP contribution < -0.4 is 5.32 Å². The second-order valence-corrected chi connectivity index (χ2v) is 4.55. The van der Waals surface area contributed by atoms with E-state index in [4.69, 9.17) is 9.47 Å². The first-order valence-electron chi connectivity index (χ1n) is 6.68. The van der Waals surface area contributed by atoms with E-state index in [2.05, 4.69) is 20.9 Å². The molecule has 0 saturated heterocycles. The maximum atomic E-state index is 5.14. The smallest absolute Gasteiger partial charge is 0.207 e. The number of benzene rings is 1. The maximum Gasteiger partial charge on any atom is 0.207 e. The summed E-state index contributed by atoms with van der Waals surface area (Å²) in [6, 6.07) is 8.14. The zero-order valence-electron chi connectivity index (χ0n) is 12.0. The van der Waals surface area contributed by atoms with Gasteiger partial charge in [0.2, 0.25) is 5.95 Å². The minimum atomic E-state index is 0.609. The summed E-state index contributed by atoms with van der Waals surface area (Å²) in [5.74, 6) is 0.843. The normalized spacial score (nSPS) is 10.7. The Morgan fingerprint density at radius 2 is 2.15 bits per heavy atom. The Balaban J connectivity index is 2.02.